The normalized spacial score (nSPS) is 14.5. The molecule has 1 aromatic rings. The van der Waals surface area contributed by atoms with Crippen LogP contribution in [-0.4, -0.2) is 63.0 Å². The fraction of sp³-hybridized carbons (Fsp3) is 0.625. The summed E-state index contributed by atoms with van der Waals surface area (Å²) in [5.74, 6) is -1.64. The molecule has 0 aliphatic rings. The van der Waals surface area contributed by atoms with E-state index in [4.69, 9.17) is 5.73 Å². The summed E-state index contributed by atoms with van der Waals surface area (Å²) < 4.78 is 0. The Morgan fingerprint density at radius 3 is 2.50 bits per heavy atom. The number of aromatic amines is 1. The molecule has 1 aromatic heterocycles. The van der Waals surface area contributed by atoms with E-state index in [2.05, 4.69) is 20.6 Å². The van der Waals surface area contributed by atoms with Crippen LogP contribution >= 0.6 is 11.8 Å². The van der Waals surface area contributed by atoms with E-state index < -0.39 is 35.9 Å². The lowest BCUT2D eigenvalue weighted by Gasteiger charge is -2.25. The van der Waals surface area contributed by atoms with Crippen LogP contribution in [0.5, 0.6) is 0 Å². The van der Waals surface area contributed by atoms with Gasteiger partial charge in [-0.3, -0.25) is 9.59 Å². The third-order valence-electron chi connectivity index (χ3n) is 3.81. The quantitative estimate of drug-likeness (QED) is 0.352. The maximum atomic E-state index is 12.5. The van der Waals surface area contributed by atoms with Crippen LogP contribution in [0.2, 0.25) is 0 Å². The summed E-state index contributed by atoms with van der Waals surface area (Å²) in [5.41, 5.74) is 6.41. The average molecular weight is 385 g/mol. The van der Waals surface area contributed by atoms with E-state index >= 15 is 0 Å². The number of aliphatic carboxylic acids is 1. The maximum absolute atomic E-state index is 12.5. The monoisotopic (exact) mass is 385 g/mol. The van der Waals surface area contributed by atoms with Crippen LogP contribution in [0.15, 0.2) is 12.5 Å². The molecule has 2 amide bonds. The predicted octanol–water partition coefficient (Wildman–Crippen LogP) is -0.257. The van der Waals surface area contributed by atoms with Gasteiger partial charge in [0.15, 0.2) is 0 Å². The van der Waals surface area contributed by atoms with Crippen molar-refractivity contribution in [2.75, 3.05) is 12.0 Å². The molecule has 1 rings (SSSR count). The number of hydrogen-bond acceptors (Lipinski definition) is 6. The van der Waals surface area contributed by atoms with Gasteiger partial charge in [0.25, 0.3) is 0 Å². The number of rotatable bonds is 11. The molecule has 0 fully saturated rings. The van der Waals surface area contributed by atoms with Gasteiger partial charge in [0.05, 0.1) is 12.4 Å². The first kappa shape index (κ1) is 22.0. The molecule has 10 heteroatoms. The lowest BCUT2D eigenvalue weighted by atomic mass is 10.0. The number of carboxylic acid groups (broad SMARTS) is 1. The van der Waals surface area contributed by atoms with Crippen molar-refractivity contribution in [3.63, 3.8) is 0 Å². The third kappa shape index (κ3) is 7.04. The molecule has 0 bridgehead atoms. The lowest BCUT2D eigenvalue weighted by molar-refractivity contribution is -0.142. The Morgan fingerprint density at radius 2 is 2.00 bits per heavy atom. The summed E-state index contributed by atoms with van der Waals surface area (Å²) >= 11 is 1.58. The first-order chi connectivity index (χ1) is 12.3. The minimum Gasteiger partial charge on any atom is -0.480 e. The molecule has 0 aliphatic carbocycles. The SMILES string of the molecule is CSCCC(N)C(=O)NC(C(=O)NC(Cc1cnc[nH]1)C(=O)O)C(C)C. The van der Waals surface area contributed by atoms with Gasteiger partial charge in [-0.1, -0.05) is 13.8 Å². The molecule has 3 unspecified atom stereocenters. The highest BCUT2D eigenvalue weighted by atomic mass is 32.2. The van der Waals surface area contributed by atoms with Crippen molar-refractivity contribution in [3.05, 3.63) is 18.2 Å². The fourth-order valence-electron chi connectivity index (χ4n) is 2.25. The van der Waals surface area contributed by atoms with Gasteiger partial charge in [0.1, 0.15) is 12.1 Å². The molecule has 3 atom stereocenters. The minimum absolute atomic E-state index is 0.0626. The van der Waals surface area contributed by atoms with Crippen molar-refractivity contribution in [3.8, 4) is 0 Å². The molecule has 1 heterocycles. The number of nitrogens with two attached hydrogens (primary N) is 1. The number of nitrogens with one attached hydrogen (secondary N) is 3. The van der Waals surface area contributed by atoms with Crippen LogP contribution < -0.4 is 16.4 Å². The number of thioether (sulfide) groups is 1. The summed E-state index contributed by atoms with van der Waals surface area (Å²) in [6, 6.07) is -2.71. The van der Waals surface area contributed by atoms with Crippen LogP contribution in [0.25, 0.3) is 0 Å². The van der Waals surface area contributed by atoms with E-state index in [1.165, 1.54) is 12.5 Å². The van der Waals surface area contributed by atoms with Crippen LogP contribution in [0.3, 0.4) is 0 Å². The van der Waals surface area contributed by atoms with Crippen molar-refractivity contribution < 1.29 is 19.5 Å². The summed E-state index contributed by atoms with van der Waals surface area (Å²) in [7, 11) is 0. The van der Waals surface area contributed by atoms with Gasteiger partial charge >= 0.3 is 5.97 Å². The minimum atomic E-state index is -1.17. The number of nitrogens with zero attached hydrogens (tertiary/aromatic N) is 1. The van der Waals surface area contributed by atoms with Crippen LogP contribution in [0, 0.1) is 5.92 Å². The van der Waals surface area contributed by atoms with Crippen molar-refractivity contribution in [1.29, 1.82) is 0 Å². The zero-order valence-corrected chi connectivity index (χ0v) is 16.0. The number of H-pyrrole nitrogens is 1. The largest absolute Gasteiger partial charge is 0.480 e. The maximum Gasteiger partial charge on any atom is 0.326 e. The smallest absolute Gasteiger partial charge is 0.326 e. The summed E-state index contributed by atoms with van der Waals surface area (Å²) in [4.78, 5) is 42.8. The number of imidazole rings is 1. The molecule has 6 N–H and O–H groups in total. The second-order valence-corrected chi connectivity index (χ2v) is 7.28. The topological polar surface area (TPSA) is 150 Å². The zero-order valence-electron chi connectivity index (χ0n) is 15.2. The molecule has 0 radical (unpaired) electrons. The van der Waals surface area contributed by atoms with Gasteiger partial charge < -0.3 is 26.5 Å². The number of carbonyl (C=O) groups excluding carboxylic acids is 2. The summed E-state index contributed by atoms with van der Waals surface area (Å²) in [6.07, 6.45) is 5.41. The molecule has 146 valence electrons. The fourth-order valence-corrected chi connectivity index (χ4v) is 2.74. The van der Waals surface area contributed by atoms with Gasteiger partial charge in [-0.15, -0.1) is 0 Å². The van der Waals surface area contributed by atoms with Crippen LogP contribution in [0.1, 0.15) is 26.0 Å². The van der Waals surface area contributed by atoms with Crippen LogP contribution in [0.4, 0.5) is 0 Å². The third-order valence-corrected chi connectivity index (χ3v) is 4.45. The van der Waals surface area contributed by atoms with Gasteiger partial charge in [-0.25, -0.2) is 9.78 Å². The Bertz CT molecular complexity index is 593. The second-order valence-electron chi connectivity index (χ2n) is 6.30. The van der Waals surface area contributed by atoms with Crippen LogP contribution in [-0.2, 0) is 20.8 Å². The highest BCUT2D eigenvalue weighted by Crippen LogP contribution is 2.06. The Kier molecular flexibility index (Phi) is 9.14. The Balaban J connectivity index is 2.73. The number of hydrogen-bond donors (Lipinski definition) is 5. The molecular weight excluding hydrogens is 358 g/mol. The molecular formula is C16H27N5O4S. The second kappa shape index (κ2) is 10.8. The van der Waals surface area contributed by atoms with Crippen molar-refractivity contribution in [2.24, 2.45) is 11.7 Å². The van der Waals surface area contributed by atoms with E-state index in [-0.39, 0.29) is 12.3 Å². The standard InChI is InChI=1S/C16H27N5O4S/c1-9(2)13(21-14(22)11(17)4-5-26-3)15(23)20-12(16(24)25)6-10-7-18-8-19-10/h7-9,11-13H,4-6,17H2,1-3H3,(H,18,19)(H,20,23)(H,21,22)(H,24,25). The van der Waals surface area contributed by atoms with E-state index in [1.807, 2.05) is 6.26 Å². The number of aromatic nitrogens is 2. The highest BCUT2D eigenvalue weighted by molar-refractivity contribution is 7.98. The van der Waals surface area contributed by atoms with Gasteiger partial charge in [-0.2, -0.15) is 11.8 Å². The number of amides is 2. The molecule has 9 nitrogen and oxygen atoms in total. The molecule has 0 saturated carbocycles. The van der Waals surface area contributed by atoms with E-state index in [0.29, 0.717) is 12.1 Å². The molecule has 0 aliphatic heterocycles. The van der Waals surface area contributed by atoms with E-state index in [0.717, 1.165) is 5.75 Å². The lowest BCUT2D eigenvalue weighted by Crippen LogP contribution is -2.56. The predicted molar refractivity (Wildman–Crippen MR) is 99.6 cm³/mol. The zero-order chi connectivity index (χ0) is 19.7. The molecule has 0 aromatic carbocycles. The first-order valence-electron chi connectivity index (χ1n) is 8.31. The van der Waals surface area contributed by atoms with E-state index in [9.17, 15) is 19.5 Å². The molecule has 26 heavy (non-hydrogen) atoms. The average Bonchev–Trinajstić information content (AvgIpc) is 3.09. The Labute approximate surface area is 156 Å². The Morgan fingerprint density at radius 1 is 1.31 bits per heavy atom. The van der Waals surface area contributed by atoms with Gasteiger partial charge in [0.2, 0.25) is 11.8 Å². The number of carbonyl (C=O) groups is 3. The first-order valence-corrected chi connectivity index (χ1v) is 9.71. The van der Waals surface area contributed by atoms with Crippen molar-refractivity contribution >= 4 is 29.5 Å². The van der Waals surface area contributed by atoms with E-state index in [1.54, 1.807) is 25.6 Å². The highest BCUT2D eigenvalue weighted by Gasteiger charge is 2.30. The summed E-state index contributed by atoms with van der Waals surface area (Å²) in [6.45, 7) is 3.53. The summed E-state index contributed by atoms with van der Waals surface area (Å²) in [5, 5.41) is 14.5. The van der Waals surface area contributed by atoms with Crippen molar-refractivity contribution in [2.45, 2.75) is 44.8 Å². The molecule has 0 saturated heterocycles. The van der Waals surface area contributed by atoms with Gasteiger partial charge in [0, 0.05) is 18.3 Å². The number of carboxylic acids is 1. The van der Waals surface area contributed by atoms with Gasteiger partial charge in [-0.05, 0) is 24.3 Å². The molecule has 0 spiro atoms. The Hall–Kier alpha value is -2.07. The van der Waals surface area contributed by atoms with Crippen molar-refractivity contribution in [1.82, 2.24) is 20.6 Å².